The zero-order valence-corrected chi connectivity index (χ0v) is 16.2. The van der Waals surface area contributed by atoms with Gasteiger partial charge in [-0.1, -0.05) is 11.6 Å². The minimum absolute atomic E-state index is 0.240. The van der Waals surface area contributed by atoms with Gasteiger partial charge in [0.05, 0.1) is 28.2 Å². The Balaban J connectivity index is 1.68. The van der Waals surface area contributed by atoms with Gasteiger partial charge in [0.1, 0.15) is 5.69 Å². The molecule has 2 unspecified atom stereocenters. The Morgan fingerprint density at radius 2 is 2.16 bits per heavy atom. The van der Waals surface area contributed by atoms with Gasteiger partial charge in [0.2, 0.25) is 0 Å². The molecule has 2 amide bonds. The molecular formula is C16H21BrClN3O4. The summed E-state index contributed by atoms with van der Waals surface area (Å²) in [4.78, 5) is 28.1. The number of aryl methyl sites for hydroxylation is 1. The number of ether oxygens (including phenoxy) is 1. The van der Waals surface area contributed by atoms with E-state index < -0.39 is 6.09 Å². The maximum atomic E-state index is 12.6. The minimum Gasteiger partial charge on any atom is -0.465 e. The van der Waals surface area contributed by atoms with Crippen molar-refractivity contribution in [3.8, 4) is 0 Å². The second-order valence-electron chi connectivity index (χ2n) is 6.67. The van der Waals surface area contributed by atoms with Crippen LogP contribution in [0.1, 0.15) is 35.4 Å². The number of aromatic nitrogens is 1. The molecule has 0 aromatic carbocycles. The van der Waals surface area contributed by atoms with Crippen LogP contribution in [0.15, 0.2) is 4.47 Å². The molecule has 1 aromatic rings. The Morgan fingerprint density at radius 1 is 1.44 bits per heavy atom. The lowest BCUT2D eigenvalue weighted by atomic mass is 10.0. The number of piperidine rings is 1. The van der Waals surface area contributed by atoms with Gasteiger partial charge < -0.3 is 25.0 Å². The zero-order valence-electron chi connectivity index (χ0n) is 13.8. The first kappa shape index (κ1) is 18.5. The third-order valence-corrected chi connectivity index (χ3v) is 6.16. The number of likely N-dealkylation sites (tertiary alicyclic amines) is 1. The smallest absolute Gasteiger partial charge is 0.407 e. The molecule has 1 aliphatic carbocycles. The number of carboxylic acid groups (broad SMARTS) is 1. The summed E-state index contributed by atoms with van der Waals surface area (Å²) >= 11 is 9.43. The normalized spacial score (nSPS) is 23.6. The zero-order chi connectivity index (χ0) is 18.1. The Labute approximate surface area is 159 Å². The number of nitrogens with zero attached hydrogens (tertiary/aromatic N) is 1. The fourth-order valence-corrected chi connectivity index (χ4v) is 3.66. The second kappa shape index (κ2) is 7.55. The molecule has 0 radical (unpaired) electrons. The lowest BCUT2D eigenvalue weighted by Crippen LogP contribution is -2.56. The number of amides is 2. The lowest BCUT2D eigenvalue weighted by molar-refractivity contribution is -0.0206. The van der Waals surface area contributed by atoms with Crippen molar-refractivity contribution in [2.45, 2.75) is 38.3 Å². The number of carbonyl (C=O) groups is 2. The van der Waals surface area contributed by atoms with Crippen molar-refractivity contribution >= 4 is 39.5 Å². The largest absolute Gasteiger partial charge is 0.465 e. The summed E-state index contributed by atoms with van der Waals surface area (Å²) in [7, 11) is 0. The van der Waals surface area contributed by atoms with Crippen molar-refractivity contribution in [3.63, 3.8) is 0 Å². The van der Waals surface area contributed by atoms with Crippen LogP contribution in [0.2, 0.25) is 5.02 Å². The van der Waals surface area contributed by atoms with Gasteiger partial charge in [0.15, 0.2) is 0 Å². The molecule has 1 saturated heterocycles. The van der Waals surface area contributed by atoms with Crippen molar-refractivity contribution in [3.05, 3.63) is 20.9 Å². The van der Waals surface area contributed by atoms with Crippen LogP contribution in [0, 0.1) is 12.8 Å². The van der Waals surface area contributed by atoms with E-state index in [-0.39, 0.29) is 24.6 Å². The quantitative estimate of drug-likeness (QED) is 0.664. The molecule has 3 rings (SSSR count). The lowest BCUT2D eigenvalue weighted by Gasteiger charge is -2.37. The molecule has 1 saturated carbocycles. The molecule has 3 N–H and O–H groups in total. The van der Waals surface area contributed by atoms with Crippen LogP contribution < -0.4 is 5.32 Å². The molecule has 0 bridgehead atoms. The number of hydrogen-bond donors (Lipinski definition) is 3. The summed E-state index contributed by atoms with van der Waals surface area (Å²) in [5.74, 6) is 0.284. The number of carbonyl (C=O) groups excluding carboxylic acids is 1. The molecule has 2 aliphatic rings. The molecule has 2 heterocycles. The standard InChI is InChI=1S/C16H21BrClN3O4/c1-8-13(18)12(17)14(19-8)15(22)20-10-4-5-21(16(23)24)6-11(10)25-7-9-2-3-9/h9-11,19H,2-7H2,1H3,(H,20,22)(H,23,24). The summed E-state index contributed by atoms with van der Waals surface area (Å²) in [5.41, 5.74) is 1.07. The number of nitrogens with one attached hydrogen (secondary N) is 2. The molecular weight excluding hydrogens is 414 g/mol. The highest BCUT2D eigenvalue weighted by Crippen LogP contribution is 2.31. The minimum atomic E-state index is -0.959. The highest BCUT2D eigenvalue weighted by atomic mass is 79.9. The van der Waals surface area contributed by atoms with Gasteiger partial charge in [-0.3, -0.25) is 4.79 Å². The van der Waals surface area contributed by atoms with Crippen LogP contribution >= 0.6 is 27.5 Å². The summed E-state index contributed by atoms with van der Waals surface area (Å²) in [6.07, 6.45) is 1.51. The van der Waals surface area contributed by atoms with Crippen molar-refractivity contribution < 1.29 is 19.4 Å². The monoisotopic (exact) mass is 433 g/mol. The molecule has 1 aromatic heterocycles. The van der Waals surface area contributed by atoms with E-state index in [9.17, 15) is 14.7 Å². The van der Waals surface area contributed by atoms with Gasteiger partial charge in [0.25, 0.3) is 5.91 Å². The van der Waals surface area contributed by atoms with E-state index in [0.29, 0.717) is 46.4 Å². The van der Waals surface area contributed by atoms with Crippen molar-refractivity contribution in [1.29, 1.82) is 0 Å². The summed E-state index contributed by atoms with van der Waals surface area (Å²) in [5, 5.41) is 12.7. The molecule has 138 valence electrons. The van der Waals surface area contributed by atoms with Crippen LogP contribution in [-0.4, -0.2) is 58.8 Å². The first-order valence-corrected chi connectivity index (χ1v) is 9.47. The number of aromatic amines is 1. The number of H-pyrrole nitrogens is 1. The summed E-state index contributed by atoms with van der Waals surface area (Å²) < 4.78 is 6.46. The summed E-state index contributed by atoms with van der Waals surface area (Å²) in [6.45, 7) is 3.03. The van der Waals surface area contributed by atoms with Crippen LogP contribution in [0.25, 0.3) is 0 Å². The number of halogens is 2. The van der Waals surface area contributed by atoms with Crippen LogP contribution in [0.4, 0.5) is 4.79 Å². The fraction of sp³-hybridized carbons (Fsp3) is 0.625. The Morgan fingerprint density at radius 3 is 2.72 bits per heavy atom. The van der Waals surface area contributed by atoms with Crippen LogP contribution in [-0.2, 0) is 4.74 Å². The maximum absolute atomic E-state index is 12.6. The van der Waals surface area contributed by atoms with Gasteiger partial charge in [-0.15, -0.1) is 0 Å². The first-order chi connectivity index (χ1) is 11.9. The van der Waals surface area contributed by atoms with E-state index in [1.165, 1.54) is 4.90 Å². The number of rotatable bonds is 5. The van der Waals surface area contributed by atoms with Crippen LogP contribution in [0.5, 0.6) is 0 Å². The summed E-state index contributed by atoms with van der Waals surface area (Å²) in [6, 6.07) is -0.240. The maximum Gasteiger partial charge on any atom is 0.407 e. The molecule has 25 heavy (non-hydrogen) atoms. The van der Waals surface area contributed by atoms with Gasteiger partial charge >= 0.3 is 6.09 Å². The molecule has 1 aliphatic heterocycles. The van der Waals surface area contributed by atoms with Crippen molar-refractivity contribution in [2.75, 3.05) is 19.7 Å². The van der Waals surface area contributed by atoms with Crippen molar-refractivity contribution in [1.82, 2.24) is 15.2 Å². The Hall–Kier alpha value is -1.25. The third-order valence-electron chi connectivity index (χ3n) is 4.67. The van der Waals surface area contributed by atoms with Crippen molar-refractivity contribution in [2.24, 2.45) is 5.92 Å². The van der Waals surface area contributed by atoms with E-state index in [4.69, 9.17) is 16.3 Å². The molecule has 0 spiro atoms. The first-order valence-electron chi connectivity index (χ1n) is 8.30. The van der Waals surface area contributed by atoms with Crippen LogP contribution in [0.3, 0.4) is 0 Å². The SMILES string of the molecule is Cc1[nH]c(C(=O)NC2CCN(C(=O)O)CC2OCC2CC2)c(Br)c1Cl. The van der Waals surface area contributed by atoms with Gasteiger partial charge in [0, 0.05) is 18.8 Å². The fourth-order valence-electron chi connectivity index (χ4n) is 2.94. The van der Waals surface area contributed by atoms with E-state index in [1.54, 1.807) is 6.92 Å². The topological polar surface area (TPSA) is 94.7 Å². The average molecular weight is 435 g/mol. The predicted molar refractivity (Wildman–Crippen MR) is 96.2 cm³/mol. The highest BCUT2D eigenvalue weighted by Gasteiger charge is 2.35. The molecule has 9 heteroatoms. The average Bonchev–Trinajstić information content (AvgIpc) is 3.37. The predicted octanol–water partition coefficient (Wildman–Crippen LogP) is 3.02. The second-order valence-corrected chi connectivity index (χ2v) is 7.84. The molecule has 7 nitrogen and oxygen atoms in total. The van der Waals surface area contributed by atoms with Gasteiger partial charge in [-0.2, -0.15) is 0 Å². The van der Waals surface area contributed by atoms with Gasteiger partial charge in [-0.25, -0.2) is 4.79 Å². The number of hydrogen-bond acceptors (Lipinski definition) is 3. The van der Waals surface area contributed by atoms with E-state index >= 15 is 0 Å². The molecule has 2 fully saturated rings. The van der Waals surface area contributed by atoms with E-state index in [1.807, 2.05) is 0 Å². The van der Waals surface area contributed by atoms with E-state index in [0.717, 1.165) is 12.8 Å². The Bertz CT molecular complexity index is 677. The van der Waals surface area contributed by atoms with E-state index in [2.05, 4.69) is 26.2 Å². The van der Waals surface area contributed by atoms with Gasteiger partial charge in [-0.05, 0) is 48.0 Å². The highest BCUT2D eigenvalue weighted by molar-refractivity contribution is 9.10. The molecule has 2 atom stereocenters. The third kappa shape index (κ3) is 4.30. The Kier molecular flexibility index (Phi) is 5.60.